The zero-order valence-electron chi connectivity index (χ0n) is 5.11. The average Bonchev–Trinajstić information content (AvgIpc) is 2.37. The molecule has 0 atom stereocenters. The van der Waals surface area contributed by atoms with E-state index in [0.29, 0.717) is 18.9 Å². The Hall–Kier alpha value is -1.46. The van der Waals surface area contributed by atoms with Crippen LogP contribution in [-0.4, -0.2) is 33.1 Å². The minimum absolute atomic E-state index is 0.0569. The summed E-state index contributed by atoms with van der Waals surface area (Å²) in [4.78, 5) is 12.2. The lowest BCUT2D eigenvalue weighted by Crippen LogP contribution is -2.44. The van der Waals surface area contributed by atoms with Crippen molar-refractivity contribution in [3.05, 3.63) is 0 Å². The molecular weight excluding hydrogens is 134 g/mol. The normalized spacial score (nSPS) is 17.2. The van der Waals surface area contributed by atoms with Gasteiger partial charge in [0, 0.05) is 13.0 Å². The van der Waals surface area contributed by atoms with E-state index < -0.39 is 0 Å². The summed E-state index contributed by atoms with van der Waals surface area (Å²) in [6.45, 7) is 0.707. The summed E-state index contributed by atoms with van der Waals surface area (Å²) in [6.07, 6.45) is 0.592. The molecule has 1 aliphatic rings. The highest BCUT2D eigenvalue weighted by Gasteiger charge is 2.27. The van der Waals surface area contributed by atoms with Crippen LogP contribution in [0.5, 0.6) is 0 Å². The molecule has 1 N–H and O–H groups in total. The molecule has 0 bridgehead atoms. The monoisotopic (exact) mass is 139 g/mol. The molecule has 52 valence electrons. The van der Waals surface area contributed by atoms with Crippen molar-refractivity contribution >= 4 is 11.9 Å². The van der Waals surface area contributed by atoms with Crippen LogP contribution >= 0.6 is 0 Å². The third kappa shape index (κ3) is 0.584. The number of H-pyrrole nitrogens is 1. The van der Waals surface area contributed by atoms with Gasteiger partial charge in [0.05, 0.1) is 0 Å². The highest BCUT2D eigenvalue weighted by Crippen LogP contribution is 2.14. The van der Waals surface area contributed by atoms with Crippen LogP contribution in [0.4, 0.5) is 5.95 Å². The van der Waals surface area contributed by atoms with E-state index in [0.717, 1.165) is 0 Å². The Morgan fingerprint density at radius 3 is 2.90 bits per heavy atom. The Morgan fingerprint density at radius 2 is 2.50 bits per heavy atom. The molecule has 0 saturated carbocycles. The van der Waals surface area contributed by atoms with Crippen molar-refractivity contribution in [3.8, 4) is 0 Å². The predicted molar refractivity (Wildman–Crippen MR) is 31.1 cm³/mol. The molecule has 1 aromatic rings. The molecule has 1 saturated heterocycles. The summed E-state index contributed by atoms with van der Waals surface area (Å²) in [5.41, 5.74) is 0. The molecule has 2 heterocycles. The van der Waals surface area contributed by atoms with E-state index in [2.05, 4.69) is 20.6 Å². The third-order valence-corrected chi connectivity index (χ3v) is 1.43. The molecular formula is C4H5N5O. The van der Waals surface area contributed by atoms with Crippen LogP contribution in [-0.2, 0) is 4.79 Å². The second-order valence-electron chi connectivity index (χ2n) is 2.01. The van der Waals surface area contributed by atoms with Gasteiger partial charge in [0.25, 0.3) is 5.95 Å². The van der Waals surface area contributed by atoms with Crippen LogP contribution in [0.1, 0.15) is 6.42 Å². The number of tetrazole rings is 1. The van der Waals surface area contributed by atoms with Crippen LogP contribution in [0, 0.1) is 0 Å². The topological polar surface area (TPSA) is 74.8 Å². The van der Waals surface area contributed by atoms with Crippen molar-refractivity contribution in [2.45, 2.75) is 6.42 Å². The van der Waals surface area contributed by atoms with Gasteiger partial charge in [-0.05, 0) is 5.21 Å². The van der Waals surface area contributed by atoms with Crippen LogP contribution in [0.2, 0.25) is 0 Å². The molecule has 0 spiro atoms. The van der Waals surface area contributed by atoms with Gasteiger partial charge in [-0.1, -0.05) is 5.10 Å². The Kier molecular flexibility index (Phi) is 0.938. The molecule has 1 fully saturated rings. The van der Waals surface area contributed by atoms with Crippen molar-refractivity contribution in [1.29, 1.82) is 0 Å². The molecule has 10 heavy (non-hydrogen) atoms. The average molecular weight is 139 g/mol. The van der Waals surface area contributed by atoms with Gasteiger partial charge in [0.1, 0.15) is 0 Å². The van der Waals surface area contributed by atoms with Gasteiger partial charge in [-0.2, -0.15) is 5.21 Å². The predicted octanol–water partition coefficient (Wildman–Crippen LogP) is -1.06. The first-order chi connectivity index (χ1) is 4.88. The van der Waals surface area contributed by atoms with E-state index in [9.17, 15) is 4.79 Å². The van der Waals surface area contributed by atoms with Crippen molar-refractivity contribution in [2.75, 3.05) is 11.4 Å². The Balaban J connectivity index is 2.21. The number of hydrogen-bond donors (Lipinski definition) is 1. The van der Waals surface area contributed by atoms with Gasteiger partial charge in [-0.25, -0.2) is 0 Å². The highest BCUT2D eigenvalue weighted by atomic mass is 16.2. The summed E-state index contributed by atoms with van der Waals surface area (Å²) in [6, 6.07) is 0. The Bertz CT molecular complexity index is 242. The Morgan fingerprint density at radius 1 is 1.60 bits per heavy atom. The number of carbonyl (C=O) groups excluding carboxylic acids is 1. The number of nitrogens with zero attached hydrogens (tertiary/aromatic N) is 4. The summed E-state index contributed by atoms with van der Waals surface area (Å²) >= 11 is 0. The van der Waals surface area contributed by atoms with E-state index >= 15 is 0 Å². The first-order valence-corrected chi connectivity index (χ1v) is 2.92. The molecule has 1 aromatic heterocycles. The van der Waals surface area contributed by atoms with Crippen LogP contribution < -0.4 is 4.90 Å². The SMILES string of the molecule is O=C1CCN1c1nn[nH]n1. The fraction of sp³-hybridized carbons (Fsp3) is 0.500. The lowest BCUT2D eigenvalue weighted by atomic mass is 10.2. The molecule has 0 unspecified atom stereocenters. The number of aromatic nitrogens is 4. The van der Waals surface area contributed by atoms with Crippen molar-refractivity contribution in [2.24, 2.45) is 0 Å². The molecule has 0 radical (unpaired) electrons. The van der Waals surface area contributed by atoms with Gasteiger partial charge in [-0.15, -0.1) is 5.10 Å². The van der Waals surface area contributed by atoms with Gasteiger partial charge < -0.3 is 0 Å². The summed E-state index contributed by atoms with van der Waals surface area (Å²) in [7, 11) is 0. The molecule has 1 amide bonds. The number of hydrogen-bond acceptors (Lipinski definition) is 4. The number of amides is 1. The maximum atomic E-state index is 10.7. The van der Waals surface area contributed by atoms with Gasteiger partial charge >= 0.3 is 0 Å². The maximum Gasteiger partial charge on any atom is 0.272 e. The Labute approximate surface area is 56.2 Å². The fourth-order valence-corrected chi connectivity index (χ4v) is 0.797. The number of anilines is 1. The third-order valence-electron chi connectivity index (χ3n) is 1.43. The van der Waals surface area contributed by atoms with E-state index in [1.807, 2.05) is 0 Å². The molecule has 0 aromatic carbocycles. The number of rotatable bonds is 1. The summed E-state index contributed by atoms with van der Waals surface area (Å²) in [5, 5.41) is 12.9. The second-order valence-corrected chi connectivity index (χ2v) is 2.01. The quantitative estimate of drug-likeness (QED) is 0.503. The largest absolute Gasteiger partial charge is 0.277 e. The molecule has 6 nitrogen and oxygen atoms in total. The van der Waals surface area contributed by atoms with Crippen molar-refractivity contribution in [1.82, 2.24) is 20.6 Å². The summed E-state index contributed by atoms with van der Waals surface area (Å²) < 4.78 is 0. The zero-order chi connectivity index (χ0) is 6.97. The molecule has 1 aliphatic heterocycles. The number of aromatic amines is 1. The van der Waals surface area contributed by atoms with E-state index in [1.54, 1.807) is 0 Å². The van der Waals surface area contributed by atoms with E-state index in [-0.39, 0.29) is 5.91 Å². The van der Waals surface area contributed by atoms with Crippen molar-refractivity contribution in [3.63, 3.8) is 0 Å². The molecule has 2 rings (SSSR count). The second kappa shape index (κ2) is 1.76. The maximum absolute atomic E-state index is 10.7. The first kappa shape index (κ1) is 5.33. The highest BCUT2D eigenvalue weighted by molar-refractivity contribution is 5.97. The van der Waals surface area contributed by atoms with E-state index in [1.165, 1.54) is 4.90 Å². The number of carbonyl (C=O) groups is 1. The zero-order valence-corrected chi connectivity index (χ0v) is 5.11. The number of β-lactam (4-membered cyclic amide) rings is 1. The lowest BCUT2D eigenvalue weighted by Gasteiger charge is -2.25. The lowest BCUT2D eigenvalue weighted by molar-refractivity contribution is -0.122. The minimum Gasteiger partial charge on any atom is -0.277 e. The van der Waals surface area contributed by atoms with E-state index in [4.69, 9.17) is 0 Å². The van der Waals surface area contributed by atoms with Crippen molar-refractivity contribution < 1.29 is 4.79 Å². The van der Waals surface area contributed by atoms with Crippen LogP contribution in [0.15, 0.2) is 0 Å². The number of nitrogens with one attached hydrogen (secondary N) is 1. The van der Waals surface area contributed by atoms with Gasteiger partial charge in [-0.3, -0.25) is 9.69 Å². The first-order valence-electron chi connectivity index (χ1n) is 2.92. The molecule has 6 heteroatoms. The molecule has 0 aliphatic carbocycles. The van der Waals surface area contributed by atoms with Crippen LogP contribution in [0.3, 0.4) is 0 Å². The van der Waals surface area contributed by atoms with Gasteiger partial charge in [0.2, 0.25) is 5.91 Å². The standard InChI is InChI=1S/C4H5N5O/c10-3-1-2-9(3)4-5-7-8-6-4/h1-2H2,(H,5,6,7,8). The minimum atomic E-state index is 0.0569. The summed E-state index contributed by atoms with van der Waals surface area (Å²) in [5.74, 6) is 0.428. The fourth-order valence-electron chi connectivity index (χ4n) is 0.797. The van der Waals surface area contributed by atoms with Gasteiger partial charge in [0.15, 0.2) is 0 Å². The smallest absolute Gasteiger partial charge is 0.272 e. The van der Waals surface area contributed by atoms with Crippen LogP contribution in [0.25, 0.3) is 0 Å².